The molecule has 0 saturated heterocycles. The number of nitrogens with one attached hydrogen (secondary N) is 1. The summed E-state index contributed by atoms with van der Waals surface area (Å²) in [6, 6.07) is 11.8. The summed E-state index contributed by atoms with van der Waals surface area (Å²) in [7, 11) is 0. The van der Waals surface area contributed by atoms with Gasteiger partial charge in [0, 0.05) is 6.54 Å². The van der Waals surface area contributed by atoms with E-state index in [2.05, 4.69) is 25.2 Å². The van der Waals surface area contributed by atoms with Gasteiger partial charge in [0.25, 0.3) is 0 Å². The molecule has 0 spiro atoms. The van der Waals surface area contributed by atoms with E-state index in [0.717, 1.165) is 23.4 Å². The van der Waals surface area contributed by atoms with Crippen molar-refractivity contribution in [3.05, 3.63) is 57.6 Å². The van der Waals surface area contributed by atoms with Crippen LogP contribution in [0, 0.1) is 6.92 Å². The average molecular weight is 324 g/mol. The van der Waals surface area contributed by atoms with Crippen molar-refractivity contribution >= 4 is 28.9 Å². The number of halogens is 2. The third-order valence-corrected chi connectivity index (χ3v) is 3.80. The maximum atomic E-state index is 6.03. The van der Waals surface area contributed by atoms with Gasteiger partial charge in [-0.1, -0.05) is 42.3 Å². The van der Waals surface area contributed by atoms with Gasteiger partial charge in [-0.15, -0.1) is 0 Å². The molecule has 0 amide bonds. The maximum Gasteiger partial charge on any atom is 0.142 e. The molecule has 0 heterocycles. The van der Waals surface area contributed by atoms with E-state index in [1.165, 1.54) is 5.56 Å². The van der Waals surface area contributed by atoms with E-state index in [9.17, 15) is 0 Å². The zero-order valence-corrected chi connectivity index (χ0v) is 13.8. The van der Waals surface area contributed by atoms with Gasteiger partial charge in [0.2, 0.25) is 0 Å². The molecule has 0 aliphatic heterocycles. The summed E-state index contributed by atoms with van der Waals surface area (Å²) in [5.74, 6) is 0.886. The largest absolute Gasteiger partial charge is 0.491 e. The average Bonchev–Trinajstić information content (AvgIpc) is 2.47. The highest BCUT2D eigenvalue weighted by Crippen LogP contribution is 2.27. The molecule has 21 heavy (non-hydrogen) atoms. The van der Waals surface area contributed by atoms with Crippen molar-refractivity contribution in [2.45, 2.75) is 26.8 Å². The van der Waals surface area contributed by atoms with Gasteiger partial charge in [-0.2, -0.15) is 0 Å². The van der Waals surface area contributed by atoms with Crippen LogP contribution in [0.5, 0.6) is 5.75 Å². The SMILES string of the molecule is CCCOc1cc(C)ccc1NCc1ccc(Cl)c(Cl)c1. The minimum Gasteiger partial charge on any atom is -0.491 e. The fraction of sp³-hybridized carbons (Fsp3) is 0.294. The second kappa shape index (κ2) is 7.58. The van der Waals surface area contributed by atoms with E-state index < -0.39 is 0 Å². The Morgan fingerprint density at radius 3 is 2.57 bits per heavy atom. The van der Waals surface area contributed by atoms with Gasteiger partial charge in [0.1, 0.15) is 5.75 Å². The summed E-state index contributed by atoms with van der Waals surface area (Å²) < 4.78 is 5.79. The molecule has 0 aliphatic rings. The van der Waals surface area contributed by atoms with E-state index in [4.69, 9.17) is 27.9 Å². The van der Waals surface area contributed by atoms with Crippen molar-refractivity contribution in [2.24, 2.45) is 0 Å². The van der Waals surface area contributed by atoms with Gasteiger partial charge in [-0.3, -0.25) is 0 Å². The predicted molar refractivity (Wildman–Crippen MR) is 90.8 cm³/mol. The summed E-state index contributed by atoms with van der Waals surface area (Å²) in [6.07, 6.45) is 0.986. The molecule has 4 heteroatoms. The fourth-order valence-corrected chi connectivity index (χ4v) is 2.27. The summed E-state index contributed by atoms with van der Waals surface area (Å²) in [5, 5.41) is 4.53. The highest BCUT2D eigenvalue weighted by atomic mass is 35.5. The van der Waals surface area contributed by atoms with Crippen molar-refractivity contribution in [1.82, 2.24) is 0 Å². The van der Waals surface area contributed by atoms with Crippen molar-refractivity contribution < 1.29 is 4.74 Å². The molecule has 0 bridgehead atoms. The molecule has 2 aromatic carbocycles. The van der Waals surface area contributed by atoms with E-state index in [-0.39, 0.29) is 0 Å². The highest BCUT2D eigenvalue weighted by molar-refractivity contribution is 6.42. The molecule has 112 valence electrons. The summed E-state index contributed by atoms with van der Waals surface area (Å²) in [5.41, 5.74) is 3.24. The number of ether oxygens (including phenoxy) is 1. The lowest BCUT2D eigenvalue weighted by atomic mass is 10.2. The van der Waals surface area contributed by atoms with E-state index in [1.54, 1.807) is 0 Å². The standard InChI is InChI=1S/C17H19Cl2NO/c1-3-8-21-17-9-12(2)4-7-16(17)20-11-13-5-6-14(18)15(19)10-13/h4-7,9-10,20H,3,8,11H2,1-2H3. The molecule has 2 rings (SSSR count). The molecular formula is C17H19Cl2NO. The molecule has 2 nitrogen and oxygen atoms in total. The zero-order chi connectivity index (χ0) is 15.2. The number of hydrogen-bond donors (Lipinski definition) is 1. The Hall–Kier alpha value is -1.38. The van der Waals surface area contributed by atoms with Gasteiger partial charge in [-0.05, 0) is 48.7 Å². The topological polar surface area (TPSA) is 21.3 Å². The smallest absolute Gasteiger partial charge is 0.142 e. The predicted octanol–water partition coefficient (Wildman–Crippen LogP) is 5.70. The third-order valence-electron chi connectivity index (χ3n) is 3.07. The van der Waals surface area contributed by atoms with Crippen LogP contribution >= 0.6 is 23.2 Å². The molecule has 0 fully saturated rings. The second-order valence-electron chi connectivity index (χ2n) is 4.95. The number of benzene rings is 2. The molecule has 0 saturated carbocycles. The van der Waals surface area contributed by atoms with Crippen LogP contribution in [0.3, 0.4) is 0 Å². The van der Waals surface area contributed by atoms with Crippen LogP contribution in [-0.4, -0.2) is 6.61 Å². The second-order valence-corrected chi connectivity index (χ2v) is 5.76. The van der Waals surface area contributed by atoms with E-state index >= 15 is 0 Å². The Morgan fingerprint density at radius 1 is 1.05 bits per heavy atom. The van der Waals surface area contributed by atoms with Gasteiger partial charge >= 0.3 is 0 Å². The van der Waals surface area contributed by atoms with Crippen molar-refractivity contribution in [2.75, 3.05) is 11.9 Å². The maximum absolute atomic E-state index is 6.03. The number of hydrogen-bond acceptors (Lipinski definition) is 2. The Kier molecular flexibility index (Phi) is 5.77. The Morgan fingerprint density at radius 2 is 1.86 bits per heavy atom. The van der Waals surface area contributed by atoms with Crippen LogP contribution in [0.1, 0.15) is 24.5 Å². The summed E-state index contributed by atoms with van der Waals surface area (Å²) >= 11 is 12.0. The van der Waals surface area contributed by atoms with Crippen LogP contribution in [0.15, 0.2) is 36.4 Å². The van der Waals surface area contributed by atoms with Gasteiger partial charge in [0.05, 0.1) is 22.3 Å². The zero-order valence-electron chi connectivity index (χ0n) is 12.2. The van der Waals surface area contributed by atoms with Crippen molar-refractivity contribution in [3.63, 3.8) is 0 Å². The number of rotatable bonds is 6. The lowest BCUT2D eigenvalue weighted by molar-refractivity contribution is 0.318. The monoisotopic (exact) mass is 323 g/mol. The fourth-order valence-electron chi connectivity index (χ4n) is 1.95. The molecule has 0 radical (unpaired) electrons. The first kappa shape index (κ1) is 16.0. The van der Waals surface area contributed by atoms with Crippen LogP contribution < -0.4 is 10.1 Å². The minimum atomic E-state index is 0.572. The molecule has 0 aliphatic carbocycles. The van der Waals surface area contributed by atoms with Crippen molar-refractivity contribution in [1.29, 1.82) is 0 Å². The number of anilines is 1. The van der Waals surface area contributed by atoms with Gasteiger partial charge < -0.3 is 10.1 Å². The Balaban J connectivity index is 2.09. The van der Waals surface area contributed by atoms with Crippen molar-refractivity contribution in [3.8, 4) is 5.75 Å². The first-order valence-electron chi connectivity index (χ1n) is 7.01. The van der Waals surface area contributed by atoms with Gasteiger partial charge in [0.15, 0.2) is 0 Å². The Labute approximate surface area is 136 Å². The van der Waals surface area contributed by atoms with Crippen LogP contribution in [0.25, 0.3) is 0 Å². The van der Waals surface area contributed by atoms with E-state index in [0.29, 0.717) is 23.2 Å². The molecular weight excluding hydrogens is 305 g/mol. The first-order chi connectivity index (χ1) is 10.1. The molecule has 0 atom stereocenters. The third kappa shape index (κ3) is 4.55. The van der Waals surface area contributed by atoms with Gasteiger partial charge in [-0.25, -0.2) is 0 Å². The lowest BCUT2D eigenvalue weighted by Gasteiger charge is -2.14. The molecule has 0 aromatic heterocycles. The van der Waals surface area contributed by atoms with Crippen LogP contribution in [-0.2, 0) is 6.54 Å². The first-order valence-corrected chi connectivity index (χ1v) is 7.77. The molecule has 2 aromatic rings. The lowest BCUT2D eigenvalue weighted by Crippen LogP contribution is -2.04. The highest BCUT2D eigenvalue weighted by Gasteiger charge is 2.05. The molecule has 0 unspecified atom stereocenters. The normalized spacial score (nSPS) is 10.5. The summed E-state index contributed by atoms with van der Waals surface area (Å²) in [4.78, 5) is 0. The number of aryl methyl sites for hydroxylation is 1. The van der Waals surface area contributed by atoms with E-state index in [1.807, 2.05) is 30.3 Å². The molecule has 1 N–H and O–H groups in total. The van der Waals surface area contributed by atoms with Crippen LogP contribution in [0.2, 0.25) is 10.0 Å². The van der Waals surface area contributed by atoms with Crippen LogP contribution in [0.4, 0.5) is 5.69 Å². The summed E-state index contributed by atoms with van der Waals surface area (Å²) in [6.45, 7) is 5.54. The quantitative estimate of drug-likeness (QED) is 0.735. The Bertz CT molecular complexity index is 614. The minimum absolute atomic E-state index is 0.572.